The zero-order chi connectivity index (χ0) is 15.0. The highest BCUT2D eigenvalue weighted by molar-refractivity contribution is 7.07. The summed E-state index contributed by atoms with van der Waals surface area (Å²) in [5.74, 6) is 1.06. The van der Waals surface area contributed by atoms with Crippen LogP contribution in [0.2, 0.25) is 0 Å². The second-order valence-corrected chi connectivity index (χ2v) is 7.45. The molecule has 0 aromatic carbocycles. The van der Waals surface area contributed by atoms with Crippen LogP contribution in [-0.4, -0.2) is 38.8 Å². The van der Waals surface area contributed by atoms with Crippen LogP contribution >= 0.6 is 11.3 Å². The van der Waals surface area contributed by atoms with Gasteiger partial charge in [0.2, 0.25) is 0 Å². The summed E-state index contributed by atoms with van der Waals surface area (Å²) < 4.78 is 1.90. The summed E-state index contributed by atoms with van der Waals surface area (Å²) in [4.78, 5) is 7.05. The number of nitrogens with zero attached hydrogens (tertiary/aromatic N) is 4. The summed E-state index contributed by atoms with van der Waals surface area (Å²) >= 11 is 1.78. The Morgan fingerprint density at radius 2 is 2.27 bits per heavy atom. The highest BCUT2D eigenvalue weighted by Crippen LogP contribution is 2.56. The van der Waals surface area contributed by atoms with Crippen LogP contribution in [-0.2, 0) is 20.1 Å². The van der Waals surface area contributed by atoms with E-state index in [9.17, 15) is 0 Å². The molecule has 0 bridgehead atoms. The highest BCUT2D eigenvalue weighted by atomic mass is 32.1. The average Bonchev–Trinajstić information content (AvgIpc) is 2.90. The normalized spacial score (nSPS) is 23.3. The first-order valence-electron chi connectivity index (χ1n) is 8.06. The monoisotopic (exact) mass is 317 g/mol. The molecule has 6 heteroatoms. The highest BCUT2D eigenvalue weighted by Gasteiger charge is 2.56. The van der Waals surface area contributed by atoms with Gasteiger partial charge in [-0.3, -0.25) is 9.58 Å². The lowest BCUT2D eigenvalue weighted by molar-refractivity contribution is 0.182. The van der Waals surface area contributed by atoms with Crippen LogP contribution in [0.3, 0.4) is 0 Å². The minimum Gasteiger partial charge on any atom is -0.317 e. The molecule has 0 radical (unpaired) electrons. The predicted molar refractivity (Wildman–Crippen MR) is 87.5 cm³/mol. The van der Waals surface area contributed by atoms with Gasteiger partial charge in [0.25, 0.3) is 0 Å². The van der Waals surface area contributed by atoms with Crippen LogP contribution in [0.5, 0.6) is 0 Å². The number of nitrogens with one attached hydrogen (secondary N) is 1. The van der Waals surface area contributed by atoms with Gasteiger partial charge < -0.3 is 5.32 Å². The second-order valence-electron chi connectivity index (χ2n) is 6.67. The lowest BCUT2D eigenvalue weighted by Gasteiger charge is -2.29. The Morgan fingerprint density at radius 3 is 2.95 bits per heavy atom. The van der Waals surface area contributed by atoms with E-state index in [1.54, 1.807) is 17.7 Å². The quantitative estimate of drug-likeness (QED) is 0.916. The molecule has 2 aliphatic rings. The first kappa shape index (κ1) is 14.4. The van der Waals surface area contributed by atoms with Crippen molar-refractivity contribution >= 4 is 11.3 Å². The van der Waals surface area contributed by atoms with Gasteiger partial charge in [0.15, 0.2) is 0 Å². The van der Waals surface area contributed by atoms with Crippen molar-refractivity contribution in [2.75, 3.05) is 13.1 Å². The van der Waals surface area contributed by atoms with Crippen LogP contribution < -0.4 is 5.32 Å². The Kier molecular flexibility index (Phi) is 3.76. The van der Waals surface area contributed by atoms with Gasteiger partial charge in [-0.15, -0.1) is 0 Å². The van der Waals surface area contributed by atoms with Crippen molar-refractivity contribution in [3.05, 3.63) is 34.5 Å². The van der Waals surface area contributed by atoms with Crippen molar-refractivity contribution in [2.24, 2.45) is 12.5 Å². The Morgan fingerprint density at radius 1 is 1.41 bits per heavy atom. The maximum atomic E-state index is 4.43. The second kappa shape index (κ2) is 5.76. The largest absolute Gasteiger partial charge is 0.317 e. The van der Waals surface area contributed by atoms with E-state index in [1.165, 1.54) is 37.9 Å². The zero-order valence-corrected chi connectivity index (χ0v) is 13.9. The summed E-state index contributed by atoms with van der Waals surface area (Å²) in [5, 5.41) is 12.2. The maximum absolute atomic E-state index is 4.43. The summed E-state index contributed by atoms with van der Waals surface area (Å²) in [5.41, 5.74) is 1.98. The Bertz CT molecular complexity index is 614. The molecule has 2 fully saturated rings. The van der Waals surface area contributed by atoms with Gasteiger partial charge in [-0.05, 0) is 60.2 Å². The maximum Gasteiger partial charge on any atom is 0.140 e. The van der Waals surface area contributed by atoms with Crippen molar-refractivity contribution in [1.82, 2.24) is 25.0 Å². The standard InChI is InChI=1S/C16H23N5S/c1-20-15(18-12-19-20)10-21(9-13-2-7-22-11-13)14-8-16(14)3-5-17-6-4-16/h2,7,11-12,14,17H,3-6,8-10H2,1H3/t14-/m0/s1. The van der Waals surface area contributed by atoms with Crippen molar-refractivity contribution in [3.63, 3.8) is 0 Å². The number of hydrogen-bond donors (Lipinski definition) is 1. The fourth-order valence-electron chi connectivity index (χ4n) is 3.84. The van der Waals surface area contributed by atoms with E-state index in [-0.39, 0.29) is 0 Å². The topological polar surface area (TPSA) is 46.0 Å². The number of thiophene rings is 1. The van der Waals surface area contributed by atoms with Gasteiger partial charge in [0.05, 0.1) is 6.54 Å². The molecule has 2 aromatic heterocycles. The van der Waals surface area contributed by atoms with Gasteiger partial charge in [-0.1, -0.05) is 0 Å². The molecule has 1 N–H and O–H groups in total. The Labute approximate surface area is 135 Å². The molecular formula is C16H23N5S. The molecule has 0 unspecified atom stereocenters. The summed E-state index contributed by atoms with van der Waals surface area (Å²) in [7, 11) is 1.98. The van der Waals surface area contributed by atoms with Crippen LogP contribution in [0.1, 0.15) is 30.7 Å². The van der Waals surface area contributed by atoms with Gasteiger partial charge >= 0.3 is 0 Å². The first-order chi connectivity index (χ1) is 10.8. The summed E-state index contributed by atoms with van der Waals surface area (Å²) in [6.07, 6.45) is 5.63. The van der Waals surface area contributed by atoms with E-state index < -0.39 is 0 Å². The number of aryl methyl sites for hydroxylation is 1. The molecule has 4 rings (SSSR count). The Balaban J connectivity index is 1.52. The predicted octanol–water partition coefficient (Wildman–Crippen LogP) is 2.02. The smallest absolute Gasteiger partial charge is 0.140 e. The molecule has 1 aliphatic carbocycles. The van der Waals surface area contributed by atoms with Crippen molar-refractivity contribution in [1.29, 1.82) is 0 Å². The van der Waals surface area contributed by atoms with E-state index in [2.05, 4.69) is 37.1 Å². The van der Waals surface area contributed by atoms with Crippen LogP contribution in [0.15, 0.2) is 23.2 Å². The zero-order valence-electron chi connectivity index (χ0n) is 13.0. The molecule has 22 heavy (non-hydrogen) atoms. The lowest BCUT2D eigenvalue weighted by Crippen LogP contribution is -2.36. The van der Waals surface area contributed by atoms with Crippen molar-refractivity contribution < 1.29 is 0 Å². The molecule has 1 aliphatic heterocycles. The average molecular weight is 317 g/mol. The minimum atomic E-state index is 0.555. The third kappa shape index (κ3) is 2.71. The first-order valence-corrected chi connectivity index (χ1v) is 9.00. The van der Waals surface area contributed by atoms with Crippen LogP contribution in [0.25, 0.3) is 0 Å². The van der Waals surface area contributed by atoms with Crippen molar-refractivity contribution in [2.45, 2.75) is 38.4 Å². The van der Waals surface area contributed by atoms with E-state index in [0.29, 0.717) is 11.5 Å². The summed E-state index contributed by atoms with van der Waals surface area (Å²) in [6.45, 7) is 4.27. The van der Waals surface area contributed by atoms with Gasteiger partial charge in [-0.2, -0.15) is 16.4 Å². The van der Waals surface area contributed by atoms with Crippen LogP contribution in [0.4, 0.5) is 0 Å². The minimum absolute atomic E-state index is 0.555. The summed E-state index contributed by atoms with van der Waals surface area (Å²) in [6, 6.07) is 2.94. The van der Waals surface area contributed by atoms with Crippen molar-refractivity contribution in [3.8, 4) is 0 Å². The van der Waals surface area contributed by atoms with Gasteiger partial charge in [-0.25, -0.2) is 4.98 Å². The molecule has 118 valence electrons. The molecular weight excluding hydrogens is 294 g/mol. The molecule has 0 amide bonds. The van der Waals surface area contributed by atoms with Gasteiger partial charge in [0.1, 0.15) is 12.2 Å². The number of hydrogen-bond acceptors (Lipinski definition) is 5. The number of rotatable bonds is 5. The lowest BCUT2D eigenvalue weighted by atomic mass is 9.93. The Hall–Kier alpha value is -1.24. The molecule has 5 nitrogen and oxygen atoms in total. The SMILES string of the molecule is Cn1ncnc1CN(Cc1ccsc1)[C@H]1CC12CCNCC2. The fraction of sp³-hybridized carbons (Fsp3) is 0.625. The third-order valence-electron chi connectivity index (χ3n) is 5.30. The van der Waals surface area contributed by atoms with E-state index >= 15 is 0 Å². The molecule has 2 aromatic rings. The molecule has 1 spiro atoms. The molecule has 1 saturated heterocycles. The van der Waals surface area contributed by atoms with E-state index in [0.717, 1.165) is 18.9 Å². The molecule has 3 heterocycles. The van der Waals surface area contributed by atoms with Gasteiger partial charge in [0, 0.05) is 19.6 Å². The third-order valence-corrected chi connectivity index (χ3v) is 6.03. The molecule has 1 atom stereocenters. The number of aromatic nitrogens is 3. The van der Waals surface area contributed by atoms with E-state index in [1.807, 2.05) is 11.7 Å². The fourth-order valence-corrected chi connectivity index (χ4v) is 4.50. The molecule has 1 saturated carbocycles. The number of piperidine rings is 1. The van der Waals surface area contributed by atoms with E-state index in [4.69, 9.17) is 0 Å². The van der Waals surface area contributed by atoms with Crippen LogP contribution in [0, 0.1) is 5.41 Å².